The lowest BCUT2D eigenvalue weighted by Crippen LogP contribution is -2.20. The molecule has 0 unspecified atom stereocenters. The lowest BCUT2D eigenvalue weighted by atomic mass is 10.1. The number of rotatable bonds is 6. The molecule has 118 valence electrons. The minimum absolute atomic E-state index is 0.0929. The molecule has 0 atom stereocenters. The van der Waals surface area contributed by atoms with Crippen LogP contribution in [0.5, 0.6) is 5.75 Å². The van der Waals surface area contributed by atoms with Crippen molar-refractivity contribution in [2.24, 2.45) is 5.92 Å². The van der Waals surface area contributed by atoms with Crippen LogP contribution in [0.15, 0.2) is 48.5 Å². The Balaban J connectivity index is 1.51. The molecule has 0 bridgehead atoms. The van der Waals surface area contributed by atoms with Gasteiger partial charge in [0.15, 0.2) is 12.4 Å². The molecule has 0 radical (unpaired) electrons. The Kier molecular flexibility index (Phi) is 4.63. The number of ketones is 1. The lowest BCUT2D eigenvalue weighted by Gasteiger charge is -2.08. The second-order valence-electron chi connectivity index (χ2n) is 5.51. The van der Waals surface area contributed by atoms with Gasteiger partial charge in [-0.3, -0.25) is 9.59 Å². The number of amides is 1. The van der Waals surface area contributed by atoms with Crippen molar-refractivity contribution in [3.8, 4) is 5.75 Å². The summed E-state index contributed by atoms with van der Waals surface area (Å²) in [6, 6.07) is 13.8. The fourth-order valence-corrected chi connectivity index (χ4v) is 2.30. The van der Waals surface area contributed by atoms with Crippen molar-refractivity contribution in [3.63, 3.8) is 0 Å². The molecule has 0 heterocycles. The maximum Gasteiger partial charge on any atom is 0.262 e. The third kappa shape index (κ3) is 4.33. The van der Waals surface area contributed by atoms with Gasteiger partial charge in [0.05, 0.1) is 0 Å². The Morgan fingerprint density at radius 2 is 1.70 bits per heavy atom. The Hall–Kier alpha value is -2.33. The number of carbonyl (C=O) groups excluding carboxylic acids is 2. The summed E-state index contributed by atoms with van der Waals surface area (Å²) in [5, 5.41) is 3.35. The third-order valence-electron chi connectivity index (χ3n) is 3.58. The van der Waals surface area contributed by atoms with Crippen LogP contribution in [0.1, 0.15) is 23.2 Å². The van der Waals surface area contributed by atoms with Gasteiger partial charge in [-0.1, -0.05) is 11.6 Å². The predicted molar refractivity (Wildman–Crippen MR) is 89.1 cm³/mol. The first-order valence-electron chi connectivity index (χ1n) is 7.44. The van der Waals surface area contributed by atoms with E-state index in [0.29, 0.717) is 22.0 Å². The van der Waals surface area contributed by atoms with E-state index in [1.807, 2.05) is 0 Å². The number of nitrogens with one attached hydrogen (secondary N) is 1. The zero-order chi connectivity index (χ0) is 16.2. The predicted octanol–water partition coefficient (Wildman–Crippen LogP) is 3.95. The van der Waals surface area contributed by atoms with Gasteiger partial charge in [0, 0.05) is 22.2 Å². The number of halogens is 1. The van der Waals surface area contributed by atoms with Crippen molar-refractivity contribution in [2.45, 2.75) is 12.8 Å². The molecular formula is C18H16ClNO3. The SMILES string of the molecule is O=C(COc1ccc(Cl)cc1)Nc1ccc(C(=O)C2CC2)cc1. The van der Waals surface area contributed by atoms with E-state index in [-0.39, 0.29) is 24.2 Å². The Bertz CT molecular complexity index is 706. The number of benzene rings is 2. The van der Waals surface area contributed by atoms with Crippen LogP contribution in [-0.4, -0.2) is 18.3 Å². The van der Waals surface area contributed by atoms with Gasteiger partial charge in [0.1, 0.15) is 5.75 Å². The summed E-state index contributed by atoms with van der Waals surface area (Å²) < 4.78 is 5.37. The van der Waals surface area contributed by atoms with Crippen molar-refractivity contribution in [1.29, 1.82) is 0 Å². The highest BCUT2D eigenvalue weighted by Crippen LogP contribution is 2.32. The van der Waals surface area contributed by atoms with Gasteiger partial charge in [0.25, 0.3) is 5.91 Å². The quantitative estimate of drug-likeness (QED) is 0.816. The number of carbonyl (C=O) groups is 2. The molecule has 0 spiro atoms. The lowest BCUT2D eigenvalue weighted by molar-refractivity contribution is -0.118. The largest absolute Gasteiger partial charge is 0.484 e. The van der Waals surface area contributed by atoms with Gasteiger partial charge in [-0.05, 0) is 61.4 Å². The summed E-state index contributed by atoms with van der Waals surface area (Å²) in [6.45, 7) is -0.0929. The van der Waals surface area contributed by atoms with Crippen molar-refractivity contribution in [3.05, 3.63) is 59.1 Å². The second kappa shape index (κ2) is 6.84. The second-order valence-corrected chi connectivity index (χ2v) is 5.94. The van der Waals surface area contributed by atoms with E-state index in [1.54, 1.807) is 48.5 Å². The van der Waals surface area contributed by atoms with Gasteiger partial charge in [-0.2, -0.15) is 0 Å². The smallest absolute Gasteiger partial charge is 0.262 e. The molecule has 2 aromatic carbocycles. The number of hydrogen-bond donors (Lipinski definition) is 1. The third-order valence-corrected chi connectivity index (χ3v) is 3.84. The summed E-state index contributed by atoms with van der Waals surface area (Å²) in [5.41, 5.74) is 1.34. The fourth-order valence-electron chi connectivity index (χ4n) is 2.18. The summed E-state index contributed by atoms with van der Waals surface area (Å²) in [4.78, 5) is 23.8. The van der Waals surface area contributed by atoms with E-state index in [4.69, 9.17) is 16.3 Å². The molecule has 0 saturated heterocycles. The van der Waals surface area contributed by atoms with E-state index < -0.39 is 0 Å². The highest BCUT2D eigenvalue weighted by Gasteiger charge is 2.30. The van der Waals surface area contributed by atoms with Gasteiger partial charge < -0.3 is 10.1 Å². The first-order chi connectivity index (χ1) is 11.1. The van der Waals surface area contributed by atoms with Crippen LogP contribution in [0, 0.1) is 5.92 Å². The van der Waals surface area contributed by atoms with E-state index in [1.165, 1.54) is 0 Å². The Labute approximate surface area is 139 Å². The minimum atomic E-state index is -0.263. The zero-order valence-corrected chi connectivity index (χ0v) is 13.2. The molecule has 1 saturated carbocycles. The molecule has 1 aliphatic carbocycles. The van der Waals surface area contributed by atoms with Crippen LogP contribution in [0.3, 0.4) is 0 Å². The van der Waals surface area contributed by atoms with Gasteiger partial charge in [-0.15, -0.1) is 0 Å². The topological polar surface area (TPSA) is 55.4 Å². The number of Topliss-reactive ketones (excluding diaryl/α,β-unsaturated/α-hetero) is 1. The van der Waals surface area contributed by atoms with E-state index in [2.05, 4.69) is 5.32 Å². The molecule has 5 heteroatoms. The molecular weight excluding hydrogens is 314 g/mol. The minimum Gasteiger partial charge on any atom is -0.484 e. The van der Waals surface area contributed by atoms with Crippen molar-refractivity contribution < 1.29 is 14.3 Å². The molecule has 0 aromatic heterocycles. The first-order valence-corrected chi connectivity index (χ1v) is 7.82. The molecule has 23 heavy (non-hydrogen) atoms. The molecule has 3 rings (SSSR count). The van der Waals surface area contributed by atoms with Gasteiger partial charge in [-0.25, -0.2) is 0 Å². The number of anilines is 1. The van der Waals surface area contributed by atoms with E-state index in [0.717, 1.165) is 12.8 Å². The molecule has 4 nitrogen and oxygen atoms in total. The van der Waals surface area contributed by atoms with Crippen LogP contribution < -0.4 is 10.1 Å². The van der Waals surface area contributed by atoms with Gasteiger partial charge >= 0.3 is 0 Å². The van der Waals surface area contributed by atoms with Crippen LogP contribution in [0.2, 0.25) is 5.02 Å². The average Bonchev–Trinajstić information content (AvgIpc) is 3.39. The molecule has 1 aliphatic rings. The zero-order valence-electron chi connectivity index (χ0n) is 12.4. The van der Waals surface area contributed by atoms with Crippen LogP contribution in [0.25, 0.3) is 0 Å². The molecule has 1 N–H and O–H groups in total. The number of ether oxygens (including phenoxy) is 1. The summed E-state index contributed by atoms with van der Waals surface area (Å²) in [7, 11) is 0. The highest BCUT2D eigenvalue weighted by molar-refractivity contribution is 6.30. The summed E-state index contributed by atoms with van der Waals surface area (Å²) in [6.07, 6.45) is 1.97. The van der Waals surface area contributed by atoms with Crippen LogP contribution in [0.4, 0.5) is 5.69 Å². The van der Waals surface area contributed by atoms with E-state index in [9.17, 15) is 9.59 Å². The van der Waals surface area contributed by atoms with Crippen molar-refractivity contribution in [1.82, 2.24) is 0 Å². The molecule has 1 fully saturated rings. The molecule has 1 amide bonds. The normalized spacial score (nSPS) is 13.4. The number of hydrogen-bond acceptors (Lipinski definition) is 3. The summed E-state index contributed by atoms with van der Waals surface area (Å²) >= 11 is 5.78. The van der Waals surface area contributed by atoms with Crippen LogP contribution in [-0.2, 0) is 4.79 Å². The van der Waals surface area contributed by atoms with Crippen molar-refractivity contribution in [2.75, 3.05) is 11.9 Å². The van der Waals surface area contributed by atoms with Gasteiger partial charge in [0.2, 0.25) is 0 Å². The molecule has 0 aliphatic heterocycles. The van der Waals surface area contributed by atoms with Crippen molar-refractivity contribution >= 4 is 29.0 Å². The Morgan fingerprint density at radius 3 is 2.30 bits per heavy atom. The molecule has 2 aromatic rings. The standard InChI is InChI=1S/C18H16ClNO3/c19-14-5-9-16(10-6-14)23-11-17(21)20-15-7-3-13(4-8-15)18(22)12-1-2-12/h3-10,12H,1-2,11H2,(H,20,21). The fraction of sp³-hybridized carbons (Fsp3) is 0.222. The maximum atomic E-state index is 11.9. The monoisotopic (exact) mass is 329 g/mol. The van der Waals surface area contributed by atoms with E-state index >= 15 is 0 Å². The average molecular weight is 330 g/mol. The maximum absolute atomic E-state index is 11.9. The van der Waals surface area contributed by atoms with Crippen LogP contribution >= 0.6 is 11.6 Å². The highest BCUT2D eigenvalue weighted by atomic mass is 35.5. The first kappa shape index (κ1) is 15.6. The summed E-state index contributed by atoms with van der Waals surface area (Å²) in [5.74, 6) is 0.702. The Morgan fingerprint density at radius 1 is 1.04 bits per heavy atom.